The Morgan fingerprint density at radius 2 is 1.81 bits per heavy atom. The van der Waals surface area contributed by atoms with Crippen LogP contribution in [0.2, 0.25) is 0 Å². The molecule has 168 valence electrons. The summed E-state index contributed by atoms with van der Waals surface area (Å²) in [5.74, 6) is 0.330. The highest BCUT2D eigenvalue weighted by molar-refractivity contribution is 7.92. The van der Waals surface area contributed by atoms with Crippen molar-refractivity contribution in [1.82, 2.24) is 14.8 Å². The second-order valence-electron chi connectivity index (χ2n) is 7.38. The van der Waals surface area contributed by atoms with Crippen molar-refractivity contribution in [3.05, 3.63) is 70.7 Å². The number of anilines is 1. The summed E-state index contributed by atoms with van der Waals surface area (Å²) in [6.45, 7) is 3.59. The molecular weight excluding hydrogens is 448 g/mol. The van der Waals surface area contributed by atoms with E-state index in [9.17, 15) is 13.2 Å². The van der Waals surface area contributed by atoms with Crippen LogP contribution >= 0.6 is 11.3 Å². The molecule has 1 N–H and O–H groups in total. The molecule has 10 heteroatoms. The van der Waals surface area contributed by atoms with Gasteiger partial charge in [-0.1, -0.05) is 12.1 Å². The molecule has 0 bridgehead atoms. The van der Waals surface area contributed by atoms with Gasteiger partial charge in [0.2, 0.25) is 0 Å². The lowest BCUT2D eigenvalue weighted by atomic mass is 10.2. The van der Waals surface area contributed by atoms with Crippen molar-refractivity contribution in [3.8, 4) is 5.75 Å². The third-order valence-corrected chi connectivity index (χ3v) is 7.31. The number of benzene rings is 2. The lowest BCUT2D eigenvalue weighted by Gasteiger charge is -2.34. The second-order valence-corrected chi connectivity index (χ2v) is 9.78. The molecule has 0 spiro atoms. The number of carbonyl (C=O) groups excluding carboxylic acids is 1. The van der Waals surface area contributed by atoms with E-state index in [1.807, 2.05) is 10.9 Å². The van der Waals surface area contributed by atoms with Crippen molar-refractivity contribution in [2.75, 3.05) is 38.0 Å². The summed E-state index contributed by atoms with van der Waals surface area (Å²) in [6, 6.07) is 12.8. The summed E-state index contributed by atoms with van der Waals surface area (Å²) < 4.78 is 33.2. The fourth-order valence-electron chi connectivity index (χ4n) is 3.55. The van der Waals surface area contributed by atoms with E-state index in [0.29, 0.717) is 30.1 Å². The number of rotatable bonds is 7. The average Bonchev–Trinajstić information content (AvgIpc) is 3.32. The molecule has 8 nitrogen and oxygen atoms in total. The van der Waals surface area contributed by atoms with Gasteiger partial charge in [-0.25, -0.2) is 13.4 Å². The number of thiazole rings is 1. The average molecular weight is 473 g/mol. The number of aromatic nitrogens is 1. The van der Waals surface area contributed by atoms with Crippen LogP contribution in [0.15, 0.2) is 64.3 Å². The molecule has 1 aromatic heterocycles. The van der Waals surface area contributed by atoms with Gasteiger partial charge in [-0.3, -0.25) is 14.4 Å². The number of para-hydroxylation sites is 2. The van der Waals surface area contributed by atoms with E-state index in [2.05, 4.69) is 14.6 Å². The van der Waals surface area contributed by atoms with Gasteiger partial charge in [-0.05, 0) is 36.4 Å². The zero-order chi connectivity index (χ0) is 22.6. The third-order valence-electron chi connectivity index (χ3n) is 5.29. The number of amides is 1. The highest BCUT2D eigenvalue weighted by Gasteiger charge is 2.23. The normalized spacial score (nSPS) is 14.8. The smallest absolute Gasteiger partial charge is 0.262 e. The van der Waals surface area contributed by atoms with E-state index in [0.717, 1.165) is 25.3 Å². The molecule has 1 fully saturated rings. The number of methoxy groups -OCH3 is 1. The van der Waals surface area contributed by atoms with E-state index in [4.69, 9.17) is 4.74 Å². The number of piperazine rings is 1. The minimum atomic E-state index is -3.81. The Kier molecular flexibility index (Phi) is 6.73. The first kappa shape index (κ1) is 22.3. The van der Waals surface area contributed by atoms with Crippen molar-refractivity contribution in [2.24, 2.45) is 0 Å². The fraction of sp³-hybridized carbons (Fsp3) is 0.273. The van der Waals surface area contributed by atoms with E-state index < -0.39 is 10.0 Å². The monoisotopic (exact) mass is 472 g/mol. The van der Waals surface area contributed by atoms with E-state index in [1.165, 1.54) is 19.2 Å². The maximum Gasteiger partial charge on any atom is 0.262 e. The maximum absolute atomic E-state index is 12.9. The first-order valence-electron chi connectivity index (χ1n) is 10.1. The number of nitrogens with zero attached hydrogens (tertiary/aromatic N) is 3. The van der Waals surface area contributed by atoms with E-state index in [-0.39, 0.29) is 10.8 Å². The van der Waals surface area contributed by atoms with Crippen LogP contribution in [-0.2, 0) is 16.6 Å². The predicted octanol–water partition coefficient (Wildman–Crippen LogP) is 2.91. The molecule has 2 heterocycles. The number of hydrogen-bond acceptors (Lipinski definition) is 7. The highest BCUT2D eigenvalue weighted by Crippen LogP contribution is 2.26. The van der Waals surface area contributed by atoms with Crippen LogP contribution in [-0.4, -0.2) is 62.4 Å². The number of hydrogen-bond donors (Lipinski definition) is 1. The van der Waals surface area contributed by atoms with Crippen molar-refractivity contribution >= 4 is 33.0 Å². The minimum Gasteiger partial charge on any atom is -0.495 e. The predicted molar refractivity (Wildman–Crippen MR) is 124 cm³/mol. The third kappa shape index (κ3) is 5.09. The van der Waals surface area contributed by atoms with Gasteiger partial charge in [0, 0.05) is 43.7 Å². The van der Waals surface area contributed by atoms with E-state index >= 15 is 0 Å². The van der Waals surface area contributed by atoms with Crippen molar-refractivity contribution in [3.63, 3.8) is 0 Å². The maximum atomic E-state index is 12.9. The standard InChI is InChI=1S/C22H24N4O4S2/c1-30-21-5-3-2-4-20(21)24-32(28,29)19-8-6-17(7-9-19)22(27)26-12-10-25(11-13-26)14-18-15-31-16-23-18/h2-9,15-16,24H,10-14H2,1H3. The molecule has 3 aromatic rings. The molecule has 0 radical (unpaired) electrons. The van der Waals surface area contributed by atoms with E-state index in [1.54, 1.807) is 52.6 Å². The van der Waals surface area contributed by atoms with Crippen LogP contribution in [0, 0.1) is 0 Å². The van der Waals surface area contributed by atoms with Gasteiger partial charge in [-0.2, -0.15) is 0 Å². The van der Waals surface area contributed by atoms with Crippen LogP contribution < -0.4 is 9.46 Å². The van der Waals surface area contributed by atoms with Gasteiger partial charge in [0.15, 0.2) is 0 Å². The molecule has 2 aromatic carbocycles. The Morgan fingerprint density at radius 1 is 1.09 bits per heavy atom. The molecule has 4 rings (SSSR count). The molecule has 1 saturated heterocycles. The molecule has 0 saturated carbocycles. The Labute approximate surface area is 191 Å². The molecular formula is C22H24N4O4S2. The van der Waals surface area contributed by atoms with Gasteiger partial charge in [0.1, 0.15) is 5.75 Å². The Hall–Kier alpha value is -2.95. The molecule has 0 atom stereocenters. The lowest BCUT2D eigenvalue weighted by Crippen LogP contribution is -2.48. The van der Waals surface area contributed by atoms with Gasteiger partial charge < -0.3 is 9.64 Å². The zero-order valence-electron chi connectivity index (χ0n) is 17.6. The lowest BCUT2D eigenvalue weighted by molar-refractivity contribution is 0.0627. The molecule has 1 aliphatic heterocycles. The summed E-state index contributed by atoms with van der Waals surface area (Å²) in [5.41, 5.74) is 3.69. The summed E-state index contributed by atoms with van der Waals surface area (Å²) >= 11 is 1.58. The molecule has 0 unspecified atom stereocenters. The van der Waals surface area contributed by atoms with Gasteiger partial charge in [0.05, 0.1) is 28.9 Å². The Morgan fingerprint density at radius 3 is 2.47 bits per heavy atom. The minimum absolute atomic E-state index is 0.0769. The summed E-state index contributed by atoms with van der Waals surface area (Å²) in [4.78, 5) is 21.3. The van der Waals surface area contributed by atoms with Crippen molar-refractivity contribution in [2.45, 2.75) is 11.4 Å². The number of sulfonamides is 1. The van der Waals surface area contributed by atoms with Gasteiger partial charge >= 0.3 is 0 Å². The second kappa shape index (κ2) is 9.68. The van der Waals surface area contributed by atoms with Crippen LogP contribution in [0.5, 0.6) is 5.75 Å². The van der Waals surface area contributed by atoms with Crippen molar-refractivity contribution < 1.29 is 17.9 Å². The first-order valence-corrected chi connectivity index (χ1v) is 12.5. The van der Waals surface area contributed by atoms with Gasteiger partial charge in [-0.15, -0.1) is 11.3 Å². The van der Waals surface area contributed by atoms with Crippen LogP contribution in [0.1, 0.15) is 16.1 Å². The summed E-state index contributed by atoms with van der Waals surface area (Å²) in [6.07, 6.45) is 0. The quantitative estimate of drug-likeness (QED) is 0.569. The van der Waals surface area contributed by atoms with Crippen molar-refractivity contribution in [1.29, 1.82) is 0 Å². The Balaban J connectivity index is 1.38. The number of ether oxygens (including phenoxy) is 1. The van der Waals surface area contributed by atoms with Gasteiger partial charge in [0.25, 0.3) is 15.9 Å². The van der Waals surface area contributed by atoms with Crippen LogP contribution in [0.4, 0.5) is 5.69 Å². The Bertz CT molecular complexity index is 1160. The first-order chi connectivity index (χ1) is 15.5. The largest absolute Gasteiger partial charge is 0.495 e. The molecule has 32 heavy (non-hydrogen) atoms. The SMILES string of the molecule is COc1ccccc1NS(=O)(=O)c1ccc(C(=O)N2CCN(Cc3cscn3)CC2)cc1. The number of carbonyl (C=O) groups is 1. The fourth-order valence-corrected chi connectivity index (χ4v) is 5.17. The van der Waals surface area contributed by atoms with Crippen LogP contribution in [0.3, 0.4) is 0 Å². The number of nitrogens with one attached hydrogen (secondary N) is 1. The topological polar surface area (TPSA) is 91.8 Å². The van der Waals surface area contributed by atoms with Crippen LogP contribution in [0.25, 0.3) is 0 Å². The highest BCUT2D eigenvalue weighted by atomic mass is 32.2. The summed E-state index contributed by atoms with van der Waals surface area (Å²) in [5, 5.41) is 2.04. The molecule has 1 amide bonds. The molecule has 1 aliphatic rings. The molecule has 0 aliphatic carbocycles. The summed E-state index contributed by atoms with van der Waals surface area (Å²) in [7, 11) is -2.33. The zero-order valence-corrected chi connectivity index (χ0v) is 19.2.